The van der Waals surface area contributed by atoms with Crippen LogP contribution in [-0.2, 0) is 10.2 Å². The average Bonchev–Trinajstić information content (AvgIpc) is 2.62. The number of nitrogens with zero attached hydrogens (tertiary/aromatic N) is 3. The van der Waals surface area contributed by atoms with Gasteiger partial charge in [0, 0.05) is 32.7 Å². The third-order valence-electron chi connectivity index (χ3n) is 5.47. The molecule has 1 unspecified atom stereocenters. The fourth-order valence-electron chi connectivity index (χ4n) is 3.92. The van der Waals surface area contributed by atoms with Crippen molar-refractivity contribution in [2.75, 3.05) is 33.7 Å². The Morgan fingerprint density at radius 2 is 1.71 bits per heavy atom. The summed E-state index contributed by atoms with van der Waals surface area (Å²) < 4.78 is 30.0. The minimum absolute atomic E-state index is 0.110. The zero-order valence-corrected chi connectivity index (χ0v) is 15.6. The van der Waals surface area contributed by atoms with Gasteiger partial charge in [0.05, 0.1) is 6.04 Å². The zero-order chi connectivity index (χ0) is 17.2. The summed E-state index contributed by atoms with van der Waals surface area (Å²) >= 11 is 0. The van der Waals surface area contributed by atoms with Crippen molar-refractivity contribution in [2.24, 2.45) is 0 Å². The fourth-order valence-corrected chi connectivity index (χ4v) is 5.66. The lowest BCUT2D eigenvalue weighted by molar-refractivity contribution is 0.148. The van der Waals surface area contributed by atoms with Gasteiger partial charge in [0.25, 0.3) is 10.2 Å². The highest BCUT2D eigenvalue weighted by Gasteiger charge is 2.39. The maximum absolute atomic E-state index is 13.3. The highest BCUT2D eigenvalue weighted by molar-refractivity contribution is 7.86. The standard InChI is InChI=1S/C18H29N3O2S/c1-19-13-14-21(18(15-19)16-9-5-3-6-10-16)24(22,23)20(2)17-11-7-4-8-12-17/h3,5-6,9-10,17-18H,4,7-8,11-15H2,1-2H3. The number of rotatable bonds is 4. The van der Waals surface area contributed by atoms with Crippen LogP contribution in [0.3, 0.4) is 0 Å². The van der Waals surface area contributed by atoms with Gasteiger partial charge in [0.15, 0.2) is 0 Å². The van der Waals surface area contributed by atoms with Crippen LogP contribution >= 0.6 is 0 Å². The summed E-state index contributed by atoms with van der Waals surface area (Å²) in [7, 11) is 0.387. The molecular weight excluding hydrogens is 322 g/mol. The molecular formula is C18H29N3O2S. The SMILES string of the molecule is CN1CCN(S(=O)(=O)N(C)C2CCCCC2)C(c2ccccc2)C1. The summed E-state index contributed by atoms with van der Waals surface area (Å²) in [5.41, 5.74) is 1.07. The number of benzene rings is 1. The first kappa shape index (κ1) is 17.9. The van der Waals surface area contributed by atoms with E-state index in [0.717, 1.165) is 44.3 Å². The molecule has 1 aromatic rings. The van der Waals surface area contributed by atoms with Gasteiger partial charge in [-0.15, -0.1) is 0 Å². The van der Waals surface area contributed by atoms with Crippen molar-refractivity contribution in [2.45, 2.75) is 44.2 Å². The van der Waals surface area contributed by atoms with E-state index in [9.17, 15) is 8.42 Å². The predicted octanol–water partition coefficient (Wildman–Crippen LogP) is 2.48. The lowest BCUT2D eigenvalue weighted by Gasteiger charge is -2.42. The summed E-state index contributed by atoms with van der Waals surface area (Å²) in [6, 6.07) is 10.1. The molecule has 2 fully saturated rings. The second kappa shape index (κ2) is 7.52. The Balaban J connectivity index is 1.86. The second-order valence-corrected chi connectivity index (χ2v) is 9.06. The summed E-state index contributed by atoms with van der Waals surface area (Å²) in [5.74, 6) is 0. The zero-order valence-electron chi connectivity index (χ0n) is 14.8. The first-order chi connectivity index (χ1) is 11.5. The van der Waals surface area contributed by atoms with E-state index >= 15 is 0 Å². The van der Waals surface area contributed by atoms with Gasteiger partial charge in [0.2, 0.25) is 0 Å². The molecule has 6 heteroatoms. The van der Waals surface area contributed by atoms with E-state index < -0.39 is 10.2 Å². The lowest BCUT2D eigenvalue weighted by atomic mass is 9.96. The van der Waals surface area contributed by atoms with E-state index in [-0.39, 0.29) is 12.1 Å². The molecule has 1 aliphatic heterocycles. The van der Waals surface area contributed by atoms with Gasteiger partial charge in [-0.3, -0.25) is 0 Å². The molecule has 0 radical (unpaired) electrons. The first-order valence-corrected chi connectivity index (χ1v) is 10.4. The molecule has 3 rings (SSSR count). The van der Waals surface area contributed by atoms with Crippen molar-refractivity contribution in [3.05, 3.63) is 35.9 Å². The maximum atomic E-state index is 13.3. The number of hydrogen-bond donors (Lipinski definition) is 0. The molecule has 1 saturated carbocycles. The van der Waals surface area contributed by atoms with Crippen LogP contribution in [0.4, 0.5) is 0 Å². The first-order valence-electron chi connectivity index (χ1n) is 8.98. The van der Waals surface area contributed by atoms with Crippen LogP contribution in [0, 0.1) is 0 Å². The van der Waals surface area contributed by atoms with Gasteiger partial charge in [-0.25, -0.2) is 0 Å². The monoisotopic (exact) mass is 351 g/mol. The molecule has 0 bridgehead atoms. The molecule has 0 N–H and O–H groups in total. The van der Waals surface area contributed by atoms with E-state index in [0.29, 0.717) is 6.54 Å². The van der Waals surface area contributed by atoms with Gasteiger partial charge in [-0.2, -0.15) is 17.0 Å². The smallest absolute Gasteiger partial charge is 0.282 e. The van der Waals surface area contributed by atoms with E-state index in [1.807, 2.05) is 30.3 Å². The van der Waals surface area contributed by atoms with Gasteiger partial charge in [-0.1, -0.05) is 49.6 Å². The summed E-state index contributed by atoms with van der Waals surface area (Å²) in [5, 5.41) is 0. The van der Waals surface area contributed by atoms with E-state index in [1.54, 1.807) is 15.7 Å². The highest BCUT2D eigenvalue weighted by Crippen LogP contribution is 2.31. The van der Waals surface area contributed by atoms with Gasteiger partial charge >= 0.3 is 0 Å². The molecule has 0 amide bonds. The van der Waals surface area contributed by atoms with Crippen LogP contribution in [0.1, 0.15) is 43.7 Å². The Morgan fingerprint density at radius 3 is 2.38 bits per heavy atom. The minimum atomic E-state index is -3.44. The third kappa shape index (κ3) is 3.67. The lowest BCUT2D eigenvalue weighted by Crippen LogP contribution is -2.54. The Labute approximate surface area is 146 Å². The van der Waals surface area contributed by atoms with Gasteiger partial charge < -0.3 is 4.90 Å². The number of piperazine rings is 1. The Morgan fingerprint density at radius 1 is 1.04 bits per heavy atom. The second-order valence-electron chi connectivity index (χ2n) is 7.12. The van der Waals surface area contributed by atoms with Crippen molar-refractivity contribution in [3.63, 3.8) is 0 Å². The van der Waals surface area contributed by atoms with Crippen molar-refractivity contribution in [1.29, 1.82) is 0 Å². The van der Waals surface area contributed by atoms with Crippen LogP contribution in [0.2, 0.25) is 0 Å². The molecule has 1 aromatic carbocycles. The van der Waals surface area contributed by atoms with Crippen molar-refractivity contribution >= 4 is 10.2 Å². The molecule has 1 saturated heterocycles. The molecule has 1 aliphatic carbocycles. The minimum Gasteiger partial charge on any atom is -0.303 e. The topological polar surface area (TPSA) is 43.9 Å². The van der Waals surface area contributed by atoms with Crippen molar-refractivity contribution in [1.82, 2.24) is 13.5 Å². The summed E-state index contributed by atoms with van der Waals surface area (Å²) in [4.78, 5) is 2.21. The Hall–Kier alpha value is -0.950. The predicted molar refractivity (Wildman–Crippen MR) is 96.9 cm³/mol. The third-order valence-corrected chi connectivity index (χ3v) is 7.52. The Bertz CT molecular complexity index is 629. The summed E-state index contributed by atoms with van der Waals surface area (Å²) in [6.07, 6.45) is 5.47. The summed E-state index contributed by atoms with van der Waals surface area (Å²) in [6.45, 7) is 2.07. The molecule has 1 heterocycles. The van der Waals surface area contributed by atoms with E-state index in [1.165, 1.54) is 6.42 Å². The maximum Gasteiger partial charge on any atom is 0.282 e. The molecule has 5 nitrogen and oxygen atoms in total. The molecule has 24 heavy (non-hydrogen) atoms. The quantitative estimate of drug-likeness (QED) is 0.837. The number of hydrogen-bond acceptors (Lipinski definition) is 3. The molecule has 1 atom stereocenters. The molecule has 134 valence electrons. The van der Waals surface area contributed by atoms with Crippen LogP contribution in [-0.4, -0.2) is 61.7 Å². The van der Waals surface area contributed by atoms with Gasteiger partial charge in [-0.05, 0) is 25.5 Å². The fraction of sp³-hybridized carbons (Fsp3) is 0.667. The normalized spacial score (nSPS) is 25.2. The van der Waals surface area contributed by atoms with Gasteiger partial charge in [0.1, 0.15) is 0 Å². The van der Waals surface area contributed by atoms with Crippen LogP contribution < -0.4 is 0 Å². The molecule has 0 spiro atoms. The van der Waals surface area contributed by atoms with Crippen LogP contribution in [0.5, 0.6) is 0 Å². The molecule has 0 aromatic heterocycles. The molecule has 2 aliphatic rings. The number of likely N-dealkylation sites (N-methyl/N-ethyl adjacent to an activating group) is 1. The van der Waals surface area contributed by atoms with Crippen LogP contribution in [0.15, 0.2) is 30.3 Å². The highest BCUT2D eigenvalue weighted by atomic mass is 32.2. The van der Waals surface area contributed by atoms with E-state index in [2.05, 4.69) is 11.9 Å². The van der Waals surface area contributed by atoms with E-state index in [4.69, 9.17) is 0 Å². The largest absolute Gasteiger partial charge is 0.303 e. The van der Waals surface area contributed by atoms with Crippen molar-refractivity contribution in [3.8, 4) is 0 Å². The van der Waals surface area contributed by atoms with Crippen molar-refractivity contribution < 1.29 is 8.42 Å². The van der Waals surface area contributed by atoms with Crippen LogP contribution in [0.25, 0.3) is 0 Å². The average molecular weight is 352 g/mol. The Kier molecular flexibility index (Phi) is 5.59.